The summed E-state index contributed by atoms with van der Waals surface area (Å²) in [7, 11) is -1.12. The number of thiocarbonyl (C=S) groups is 1. The Morgan fingerprint density at radius 2 is 2.32 bits per heavy atom. The van der Waals surface area contributed by atoms with E-state index in [9.17, 15) is 8.76 Å². The number of fused-ring (bicyclic) bond motifs is 1. The van der Waals surface area contributed by atoms with Crippen LogP contribution in [0.15, 0.2) is 24.3 Å². The van der Waals surface area contributed by atoms with Crippen molar-refractivity contribution in [1.29, 1.82) is 0 Å². The van der Waals surface area contributed by atoms with Crippen LogP contribution < -0.4 is 15.0 Å². The fourth-order valence-electron chi connectivity index (χ4n) is 2.68. The first-order valence-corrected chi connectivity index (χ1v) is 8.22. The SMILES string of the molecule is COc1cccc(N2C(=S)N[C@@H]3C[S+](=O)(O)C[C@@H]32)c1. The quantitative estimate of drug-likeness (QED) is 0.630. The van der Waals surface area contributed by atoms with Gasteiger partial charge in [-0.3, -0.25) is 0 Å². The van der Waals surface area contributed by atoms with Crippen LogP contribution in [-0.4, -0.2) is 40.4 Å². The van der Waals surface area contributed by atoms with E-state index in [-0.39, 0.29) is 23.6 Å². The molecule has 3 rings (SSSR count). The fourth-order valence-corrected chi connectivity index (χ4v) is 4.99. The predicted octanol–water partition coefficient (Wildman–Crippen LogP) is 1.11. The standard InChI is InChI=1S/C12H14N2O3S2/c1-17-9-4-2-3-8(5-9)14-11-7-19(15,16)6-10(11)13-12(14)18/h2-5,10-11H,6-7H2,1H3,(H-,13,15,16,18)/p+1/t10-,11+/m1/s1. The second-order valence-electron chi connectivity index (χ2n) is 4.80. The zero-order chi connectivity index (χ0) is 13.6. The van der Waals surface area contributed by atoms with Crippen LogP contribution in [0.4, 0.5) is 5.69 Å². The van der Waals surface area contributed by atoms with Crippen molar-refractivity contribution < 1.29 is 13.5 Å². The van der Waals surface area contributed by atoms with Gasteiger partial charge in [-0.2, -0.15) is 4.55 Å². The van der Waals surface area contributed by atoms with Crippen molar-refractivity contribution in [3.8, 4) is 5.75 Å². The highest BCUT2D eigenvalue weighted by Gasteiger charge is 2.54. The van der Waals surface area contributed by atoms with Crippen LogP contribution in [0.5, 0.6) is 5.75 Å². The van der Waals surface area contributed by atoms with Crippen LogP contribution >= 0.6 is 12.2 Å². The van der Waals surface area contributed by atoms with E-state index < -0.39 is 10.2 Å². The van der Waals surface area contributed by atoms with E-state index in [1.54, 1.807) is 7.11 Å². The maximum atomic E-state index is 11.8. The van der Waals surface area contributed by atoms with E-state index in [1.165, 1.54) is 0 Å². The molecule has 2 aliphatic heterocycles. The number of benzene rings is 1. The van der Waals surface area contributed by atoms with E-state index in [0.29, 0.717) is 5.11 Å². The molecular formula is C12H15N2O3S2+. The molecule has 102 valence electrons. The Labute approximate surface area is 118 Å². The van der Waals surface area contributed by atoms with E-state index >= 15 is 0 Å². The van der Waals surface area contributed by atoms with Crippen LogP contribution in [0.25, 0.3) is 0 Å². The van der Waals surface area contributed by atoms with Crippen LogP contribution in [-0.2, 0) is 14.4 Å². The molecule has 0 bridgehead atoms. The molecule has 0 aliphatic carbocycles. The molecule has 5 nitrogen and oxygen atoms in total. The number of hydrogen-bond acceptors (Lipinski definition) is 3. The van der Waals surface area contributed by atoms with E-state index in [0.717, 1.165) is 11.4 Å². The maximum absolute atomic E-state index is 11.8. The van der Waals surface area contributed by atoms with Crippen molar-refractivity contribution in [3.63, 3.8) is 0 Å². The first-order chi connectivity index (χ1) is 9.00. The third kappa shape index (κ3) is 2.22. The lowest BCUT2D eigenvalue weighted by atomic mass is 10.1. The van der Waals surface area contributed by atoms with Gasteiger partial charge in [0, 0.05) is 11.8 Å². The Kier molecular flexibility index (Phi) is 2.99. The average Bonchev–Trinajstić information content (AvgIpc) is 2.79. The number of rotatable bonds is 2. The summed E-state index contributed by atoms with van der Waals surface area (Å²) >= 11 is 5.33. The molecule has 7 heteroatoms. The highest BCUT2D eigenvalue weighted by Crippen LogP contribution is 2.32. The minimum absolute atomic E-state index is 0.0452. The van der Waals surface area contributed by atoms with Gasteiger partial charge >= 0.3 is 0 Å². The number of hydrogen-bond donors (Lipinski definition) is 2. The van der Waals surface area contributed by atoms with Gasteiger partial charge in [-0.25, -0.2) is 0 Å². The molecule has 0 radical (unpaired) electrons. The van der Waals surface area contributed by atoms with Gasteiger partial charge < -0.3 is 15.0 Å². The van der Waals surface area contributed by atoms with Crippen molar-refractivity contribution in [3.05, 3.63) is 24.3 Å². The second kappa shape index (κ2) is 4.43. The molecule has 0 aromatic heterocycles. The van der Waals surface area contributed by atoms with Gasteiger partial charge in [-0.05, 0) is 24.4 Å². The Hall–Kier alpha value is -1.18. The fraction of sp³-hybridized carbons (Fsp3) is 0.417. The molecule has 3 atom stereocenters. The second-order valence-corrected chi connectivity index (χ2v) is 7.40. The smallest absolute Gasteiger partial charge is 0.218 e. The van der Waals surface area contributed by atoms with E-state index in [2.05, 4.69) is 5.32 Å². The van der Waals surface area contributed by atoms with Gasteiger partial charge in [0.25, 0.3) is 0 Å². The topological polar surface area (TPSA) is 61.8 Å². The number of nitrogens with zero attached hydrogens (tertiary/aromatic N) is 1. The molecule has 1 aromatic carbocycles. The molecule has 2 aliphatic rings. The van der Waals surface area contributed by atoms with Gasteiger partial charge in [0.05, 0.1) is 7.11 Å². The van der Waals surface area contributed by atoms with Crippen LogP contribution in [0.1, 0.15) is 0 Å². The van der Waals surface area contributed by atoms with Gasteiger partial charge in [0.15, 0.2) is 16.6 Å². The van der Waals surface area contributed by atoms with E-state index in [1.807, 2.05) is 29.2 Å². The first kappa shape index (κ1) is 12.8. The third-order valence-electron chi connectivity index (χ3n) is 3.53. The zero-order valence-electron chi connectivity index (χ0n) is 10.4. The summed E-state index contributed by atoms with van der Waals surface area (Å²) in [4.78, 5) is 1.92. The lowest BCUT2D eigenvalue weighted by molar-refractivity contribution is 0.415. The van der Waals surface area contributed by atoms with Crippen molar-refractivity contribution >= 4 is 33.2 Å². The van der Waals surface area contributed by atoms with Gasteiger partial charge in [-0.15, -0.1) is 0 Å². The molecule has 2 fully saturated rings. The summed E-state index contributed by atoms with van der Waals surface area (Å²) in [5.41, 5.74) is 0.890. The number of nitrogens with one attached hydrogen (secondary N) is 1. The molecule has 0 amide bonds. The number of anilines is 1. The summed E-state index contributed by atoms with van der Waals surface area (Å²) in [6.07, 6.45) is 0. The lowest BCUT2D eigenvalue weighted by Crippen LogP contribution is -2.37. The Morgan fingerprint density at radius 1 is 1.53 bits per heavy atom. The van der Waals surface area contributed by atoms with Gasteiger partial charge in [0.2, 0.25) is 10.2 Å². The minimum Gasteiger partial charge on any atom is -0.497 e. The van der Waals surface area contributed by atoms with Crippen molar-refractivity contribution in [2.45, 2.75) is 12.1 Å². The van der Waals surface area contributed by atoms with Crippen LogP contribution in [0.3, 0.4) is 0 Å². The monoisotopic (exact) mass is 299 g/mol. The van der Waals surface area contributed by atoms with Gasteiger partial charge in [-0.1, -0.05) is 10.3 Å². The summed E-state index contributed by atoms with van der Waals surface area (Å²) in [6.45, 7) is 0. The number of ether oxygens (including phenoxy) is 1. The highest BCUT2D eigenvalue weighted by atomic mass is 32.3. The summed E-state index contributed by atoms with van der Waals surface area (Å²) < 4.78 is 26.8. The van der Waals surface area contributed by atoms with Crippen molar-refractivity contribution in [1.82, 2.24) is 5.32 Å². The maximum Gasteiger partial charge on any atom is 0.218 e. The Bertz CT molecular complexity index is 578. The summed E-state index contributed by atoms with van der Waals surface area (Å²) in [5, 5.41) is 3.74. The molecule has 0 saturated carbocycles. The molecule has 2 N–H and O–H groups in total. The normalized spacial score (nSPS) is 33.2. The van der Waals surface area contributed by atoms with E-state index in [4.69, 9.17) is 17.0 Å². The lowest BCUT2D eigenvalue weighted by Gasteiger charge is -2.22. The molecule has 1 aromatic rings. The van der Waals surface area contributed by atoms with Crippen molar-refractivity contribution in [2.24, 2.45) is 0 Å². The third-order valence-corrected chi connectivity index (χ3v) is 5.58. The molecule has 1 unspecified atom stereocenters. The first-order valence-electron chi connectivity index (χ1n) is 5.96. The minimum atomic E-state index is -2.73. The Balaban J connectivity index is 1.95. The van der Waals surface area contributed by atoms with Crippen molar-refractivity contribution in [2.75, 3.05) is 23.5 Å². The van der Waals surface area contributed by atoms with Crippen LogP contribution in [0.2, 0.25) is 0 Å². The molecular weight excluding hydrogens is 284 g/mol. The summed E-state index contributed by atoms with van der Waals surface area (Å²) in [6, 6.07) is 7.45. The molecule has 2 saturated heterocycles. The number of methoxy groups -OCH3 is 1. The molecule has 2 heterocycles. The highest BCUT2D eigenvalue weighted by molar-refractivity contribution is 7.98. The average molecular weight is 299 g/mol. The Morgan fingerprint density at radius 3 is 3.05 bits per heavy atom. The summed E-state index contributed by atoms with van der Waals surface area (Å²) in [5.74, 6) is 1.26. The van der Waals surface area contributed by atoms with Gasteiger partial charge in [0.1, 0.15) is 17.8 Å². The largest absolute Gasteiger partial charge is 0.497 e. The predicted molar refractivity (Wildman–Crippen MR) is 79.2 cm³/mol. The van der Waals surface area contributed by atoms with Crippen LogP contribution in [0, 0.1) is 0 Å². The molecule has 19 heavy (non-hydrogen) atoms. The zero-order valence-corrected chi connectivity index (χ0v) is 12.0. The molecule has 0 spiro atoms.